The van der Waals surface area contributed by atoms with Crippen molar-refractivity contribution in [3.05, 3.63) is 63.3 Å². The maximum Gasteiger partial charge on any atom is 0.287 e. The summed E-state index contributed by atoms with van der Waals surface area (Å²) in [6.07, 6.45) is 4.80. The Morgan fingerprint density at radius 3 is 2.75 bits per heavy atom. The molecule has 8 heteroatoms. The van der Waals surface area contributed by atoms with Crippen LogP contribution in [0, 0.1) is 10.1 Å². The Kier molecular flexibility index (Phi) is 4.93. The van der Waals surface area contributed by atoms with Crippen molar-refractivity contribution in [2.24, 2.45) is 0 Å². The number of pyridine rings is 1. The standard InChI is InChI=1S/C20H21ClN4O3/c21-15-4-1-3-14(11-15)20(8-2-9-20)19(26)24-10-7-16(13-24)23-18-6-5-17(12-22-18)25(27)28/h1,3-6,11-12,16H,2,7-10,13H2,(H,22,23). The van der Waals surface area contributed by atoms with Gasteiger partial charge in [-0.2, -0.15) is 0 Å². The zero-order chi connectivity index (χ0) is 19.7. The molecular formula is C20H21ClN4O3. The Labute approximate surface area is 167 Å². The second kappa shape index (κ2) is 7.39. The van der Waals surface area contributed by atoms with Crippen molar-refractivity contribution in [1.82, 2.24) is 9.88 Å². The zero-order valence-corrected chi connectivity index (χ0v) is 16.1. The van der Waals surface area contributed by atoms with Gasteiger partial charge in [-0.3, -0.25) is 14.9 Å². The van der Waals surface area contributed by atoms with Gasteiger partial charge in [0.1, 0.15) is 12.0 Å². The fourth-order valence-corrected chi connectivity index (χ4v) is 4.29. The first-order valence-corrected chi connectivity index (χ1v) is 9.78. The molecule has 28 heavy (non-hydrogen) atoms. The number of aromatic nitrogens is 1. The van der Waals surface area contributed by atoms with Gasteiger partial charge in [-0.25, -0.2) is 4.98 Å². The van der Waals surface area contributed by atoms with Crippen LogP contribution < -0.4 is 5.32 Å². The van der Waals surface area contributed by atoms with Crippen LogP contribution in [0.5, 0.6) is 0 Å². The van der Waals surface area contributed by atoms with Gasteiger partial charge in [0, 0.05) is 30.2 Å². The van der Waals surface area contributed by atoms with Crippen molar-refractivity contribution in [2.45, 2.75) is 37.1 Å². The average Bonchev–Trinajstić information content (AvgIpc) is 3.10. The van der Waals surface area contributed by atoms with Crippen molar-refractivity contribution in [2.75, 3.05) is 18.4 Å². The molecule has 7 nitrogen and oxygen atoms in total. The summed E-state index contributed by atoms with van der Waals surface area (Å²) >= 11 is 6.16. The molecule has 0 radical (unpaired) electrons. The van der Waals surface area contributed by atoms with E-state index in [1.54, 1.807) is 6.07 Å². The molecular weight excluding hydrogens is 380 g/mol. The molecule has 2 aliphatic rings. The normalized spacial score (nSPS) is 20.5. The van der Waals surface area contributed by atoms with Crippen LogP contribution in [0.4, 0.5) is 11.5 Å². The Morgan fingerprint density at radius 2 is 2.14 bits per heavy atom. The number of nitrogens with zero attached hydrogens (tertiary/aromatic N) is 3. The van der Waals surface area contributed by atoms with E-state index >= 15 is 0 Å². The quantitative estimate of drug-likeness (QED) is 0.609. The van der Waals surface area contributed by atoms with Crippen LogP contribution in [0.15, 0.2) is 42.6 Å². The molecule has 2 fully saturated rings. The van der Waals surface area contributed by atoms with Gasteiger partial charge in [-0.1, -0.05) is 30.2 Å². The predicted molar refractivity (Wildman–Crippen MR) is 106 cm³/mol. The maximum atomic E-state index is 13.3. The molecule has 1 aliphatic heterocycles. The third-order valence-corrected chi connectivity index (χ3v) is 6.01. The number of nitrogens with one attached hydrogen (secondary N) is 1. The third-order valence-electron chi connectivity index (χ3n) is 5.78. The minimum absolute atomic E-state index is 0.0396. The lowest BCUT2D eigenvalue weighted by Gasteiger charge is -2.43. The number of rotatable bonds is 5. The van der Waals surface area contributed by atoms with Crippen molar-refractivity contribution in [1.29, 1.82) is 0 Å². The van der Waals surface area contributed by atoms with Crippen molar-refractivity contribution >= 4 is 29.0 Å². The Bertz CT molecular complexity index is 899. The average molecular weight is 401 g/mol. The van der Waals surface area contributed by atoms with E-state index in [1.165, 1.54) is 12.3 Å². The molecule has 1 aromatic carbocycles. The number of nitro groups is 1. The molecule has 1 aliphatic carbocycles. The molecule has 1 saturated carbocycles. The highest BCUT2D eigenvalue weighted by Gasteiger charge is 2.48. The predicted octanol–water partition coefficient (Wildman–Crippen LogP) is 3.78. The van der Waals surface area contributed by atoms with Crippen LogP contribution in [-0.2, 0) is 10.2 Å². The Balaban J connectivity index is 1.43. The number of hydrogen-bond acceptors (Lipinski definition) is 5. The molecule has 4 rings (SSSR count). The number of carbonyl (C=O) groups excluding carboxylic acids is 1. The number of carbonyl (C=O) groups is 1. The second-order valence-electron chi connectivity index (χ2n) is 7.49. The van der Waals surface area contributed by atoms with Gasteiger partial charge >= 0.3 is 0 Å². The highest BCUT2D eigenvalue weighted by Crippen LogP contribution is 2.46. The minimum atomic E-state index is -0.472. The number of amides is 1. The zero-order valence-electron chi connectivity index (χ0n) is 15.3. The van der Waals surface area contributed by atoms with E-state index in [4.69, 9.17) is 11.6 Å². The lowest BCUT2D eigenvalue weighted by Crippen LogP contribution is -2.50. The summed E-state index contributed by atoms with van der Waals surface area (Å²) in [4.78, 5) is 29.6. The fraction of sp³-hybridized carbons (Fsp3) is 0.400. The molecule has 1 N–H and O–H groups in total. The molecule has 2 heterocycles. The molecule has 1 aromatic heterocycles. The second-order valence-corrected chi connectivity index (χ2v) is 7.92. The van der Waals surface area contributed by atoms with Crippen molar-refractivity contribution in [3.8, 4) is 0 Å². The molecule has 146 valence electrons. The van der Waals surface area contributed by atoms with Crippen LogP contribution >= 0.6 is 11.6 Å². The molecule has 0 spiro atoms. The van der Waals surface area contributed by atoms with E-state index in [1.807, 2.05) is 29.2 Å². The summed E-state index contributed by atoms with van der Waals surface area (Å²) < 4.78 is 0. The van der Waals surface area contributed by atoms with Gasteiger partial charge < -0.3 is 10.2 Å². The van der Waals surface area contributed by atoms with Crippen LogP contribution in [0.2, 0.25) is 5.02 Å². The Morgan fingerprint density at radius 1 is 1.32 bits per heavy atom. The SMILES string of the molecule is O=C(N1CCC(Nc2ccc([N+](=O)[O-])cn2)C1)C1(c2cccc(Cl)c2)CCC1. The molecule has 1 saturated heterocycles. The minimum Gasteiger partial charge on any atom is -0.365 e. The fourth-order valence-electron chi connectivity index (χ4n) is 4.10. The van der Waals surface area contributed by atoms with Gasteiger partial charge in [-0.05, 0) is 43.0 Å². The largest absolute Gasteiger partial charge is 0.365 e. The number of benzene rings is 1. The summed E-state index contributed by atoms with van der Waals surface area (Å²) in [6.45, 7) is 1.28. The first-order chi connectivity index (χ1) is 13.5. The van der Waals surface area contributed by atoms with E-state index in [9.17, 15) is 14.9 Å². The number of hydrogen-bond donors (Lipinski definition) is 1. The summed E-state index contributed by atoms with van der Waals surface area (Å²) in [5.41, 5.74) is 0.512. The smallest absolute Gasteiger partial charge is 0.287 e. The lowest BCUT2D eigenvalue weighted by atomic mass is 9.63. The first kappa shape index (κ1) is 18.7. The van der Waals surface area contributed by atoms with Gasteiger partial charge in [0.2, 0.25) is 5.91 Å². The van der Waals surface area contributed by atoms with Gasteiger partial charge in [0.15, 0.2) is 0 Å². The monoisotopic (exact) mass is 400 g/mol. The molecule has 2 aromatic rings. The Hall–Kier alpha value is -2.67. The highest BCUT2D eigenvalue weighted by molar-refractivity contribution is 6.30. The molecule has 1 amide bonds. The topological polar surface area (TPSA) is 88.4 Å². The van der Waals surface area contributed by atoms with Gasteiger partial charge in [0.05, 0.1) is 10.3 Å². The summed E-state index contributed by atoms with van der Waals surface area (Å²) in [6, 6.07) is 10.7. The highest BCUT2D eigenvalue weighted by atomic mass is 35.5. The summed E-state index contributed by atoms with van der Waals surface area (Å²) in [5.74, 6) is 0.750. The van der Waals surface area contributed by atoms with Gasteiger partial charge in [-0.15, -0.1) is 0 Å². The first-order valence-electron chi connectivity index (χ1n) is 9.40. The van der Waals surface area contributed by atoms with Crippen LogP contribution in [0.25, 0.3) is 0 Å². The number of halogens is 1. The number of likely N-dealkylation sites (tertiary alicyclic amines) is 1. The van der Waals surface area contributed by atoms with Crippen LogP contribution in [0.1, 0.15) is 31.2 Å². The van der Waals surface area contributed by atoms with E-state index in [2.05, 4.69) is 10.3 Å². The lowest BCUT2D eigenvalue weighted by molar-refractivity contribution is -0.385. The summed E-state index contributed by atoms with van der Waals surface area (Å²) in [5, 5.41) is 14.7. The van der Waals surface area contributed by atoms with E-state index in [0.29, 0.717) is 23.9 Å². The molecule has 1 atom stereocenters. The third kappa shape index (κ3) is 3.42. The van der Waals surface area contributed by atoms with Crippen molar-refractivity contribution in [3.63, 3.8) is 0 Å². The van der Waals surface area contributed by atoms with Crippen LogP contribution in [-0.4, -0.2) is 39.8 Å². The van der Waals surface area contributed by atoms with Crippen molar-refractivity contribution < 1.29 is 9.72 Å². The molecule has 0 bridgehead atoms. The van der Waals surface area contributed by atoms with E-state index < -0.39 is 10.3 Å². The van der Waals surface area contributed by atoms with Crippen LogP contribution in [0.3, 0.4) is 0 Å². The van der Waals surface area contributed by atoms with E-state index in [0.717, 1.165) is 31.2 Å². The maximum absolute atomic E-state index is 13.3. The summed E-state index contributed by atoms with van der Waals surface area (Å²) in [7, 11) is 0. The van der Waals surface area contributed by atoms with E-state index in [-0.39, 0.29) is 17.6 Å². The number of anilines is 1. The molecule has 1 unspecified atom stereocenters. The van der Waals surface area contributed by atoms with Gasteiger partial charge in [0.25, 0.3) is 5.69 Å².